The Morgan fingerprint density at radius 2 is 0.752 bits per heavy atom. The van der Waals surface area contributed by atoms with Gasteiger partial charge in [-0.3, -0.25) is 33.3 Å². The molecule has 0 saturated carbocycles. The van der Waals surface area contributed by atoms with Crippen molar-refractivity contribution in [2.45, 2.75) is 457 Å². The van der Waals surface area contributed by atoms with E-state index >= 15 is 0 Å². The Bertz CT molecular complexity index is 2060. The average molecular weight is 1460 g/mol. The van der Waals surface area contributed by atoms with Gasteiger partial charge in [-0.15, -0.1) is 0 Å². The van der Waals surface area contributed by atoms with Crippen molar-refractivity contribution in [3.05, 3.63) is 0 Å². The smallest absolute Gasteiger partial charge is 0.462 e. The molecular formula is C82H154NO17P. The van der Waals surface area contributed by atoms with Crippen LogP contribution in [0.2, 0.25) is 0 Å². The first-order valence-corrected chi connectivity index (χ1v) is 43.7. The zero-order chi connectivity index (χ0) is 74.2. The molecule has 594 valence electrons. The van der Waals surface area contributed by atoms with Crippen molar-refractivity contribution in [2.24, 2.45) is 11.8 Å². The van der Waals surface area contributed by atoms with Crippen molar-refractivity contribution < 1.29 is 81.5 Å². The topological polar surface area (TPSA) is 268 Å². The van der Waals surface area contributed by atoms with Crippen molar-refractivity contribution in [2.75, 3.05) is 19.8 Å². The van der Waals surface area contributed by atoms with Gasteiger partial charge in [-0.2, -0.15) is 0 Å². The highest BCUT2D eigenvalue weighted by atomic mass is 31.2. The van der Waals surface area contributed by atoms with E-state index in [0.29, 0.717) is 51.4 Å². The number of unbranched alkanes of at least 4 members (excludes halogenated alkanes) is 42. The number of phosphoric ester groups is 1. The van der Waals surface area contributed by atoms with Crippen molar-refractivity contribution in [1.29, 1.82) is 0 Å². The zero-order valence-electron chi connectivity index (χ0n) is 65.4. The van der Waals surface area contributed by atoms with Gasteiger partial charge in [-0.1, -0.05) is 318 Å². The van der Waals surface area contributed by atoms with E-state index < -0.39 is 100 Å². The number of carbonyl (C=O) groups is 6. The number of ether oxygens (including phenoxy) is 5. The molecule has 5 N–H and O–H groups in total. The number of ketones is 2. The summed E-state index contributed by atoms with van der Waals surface area (Å²) in [6, 6.07) is -1.64. The highest BCUT2D eigenvalue weighted by Gasteiger charge is 2.52. The second-order valence-corrected chi connectivity index (χ2v) is 31.0. The summed E-state index contributed by atoms with van der Waals surface area (Å²) in [5.41, 5.74) is 0. The van der Waals surface area contributed by atoms with Crippen LogP contribution in [0.15, 0.2) is 0 Å². The number of aliphatic hydroxyl groups excluding tert-OH is 2. The molecule has 1 aliphatic rings. The van der Waals surface area contributed by atoms with Gasteiger partial charge in [0.1, 0.15) is 42.0 Å². The van der Waals surface area contributed by atoms with Crippen molar-refractivity contribution in [1.82, 2.24) is 5.32 Å². The first-order valence-electron chi connectivity index (χ1n) is 42.2. The quantitative estimate of drug-likeness (QED) is 0.0164. The fourth-order valence-electron chi connectivity index (χ4n) is 14.0. The minimum Gasteiger partial charge on any atom is -0.462 e. The van der Waals surface area contributed by atoms with Gasteiger partial charge in [-0.05, 0) is 57.8 Å². The monoisotopic (exact) mass is 1460 g/mol. The zero-order valence-corrected chi connectivity index (χ0v) is 66.3. The number of nitrogens with one attached hydrogen (secondary N) is 1. The number of Topliss-reactive ketones (excluding diaryl/α,β-unsaturated/α-hetero) is 2. The highest BCUT2D eigenvalue weighted by Crippen LogP contribution is 2.43. The van der Waals surface area contributed by atoms with Crippen LogP contribution in [0, 0.1) is 11.8 Å². The van der Waals surface area contributed by atoms with Crippen LogP contribution in [-0.4, -0.2) is 118 Å². The first kappa shape index (κ1) is 96.2. The number of amides is 1. The Morgan fingerprint density at radius 3 is 1.13 bits per heavy atom. The highest BCUT2D eigenvalue weighted by molar-refractivity contribution is 7.46. The molecule has 0 spiro atoms. The van der Waals surface area contributed by atoms with Gasteiger partial charge in [-0.25, -0.2) is 4.57 Å². The van der Waals surface area contributed by atoms with Gasteiger partial charge in [0.25, 0.3) is 0 Å². The Labute approximate surface area is 615 Å². The third kappa shape index (κ3) is 53.6. The van der Waals surface area contributed by atoms with E-state index in [1.54, 1.807) is 0 Å². The lowest BCUT2D eigenvalue weighted by atomic mass is 9.90. The van der Waals surface area contributed by atoms with E-state index in [1.807, 2.05) is 0 Å². The van der Waals surface area contributed by atoms with Gasteiger partial charge in [0.15, 0.2) is 12.4 Å². The third-order valence-electron chi connectivity index (χ3n) is 20.3. The van der Waals surface area contributed by atoms with E-state index in [1.165, 1.54) is 83.5 Å². The molecule has 0 unspecified atom stereocenters. The van der Waals surface area contributed by atoms with E-state index in [0.717, 1.165) is 193 Å². The number of esters is 3. The van der Waals surface area contributed by atoms with Crippen LogP contribution >= 0.6 is 7.82 Å². The summed E-state index contributed by atoms with van der Waals surface area (Å²) < 4.78 is 49.8. The molecule has 1 heterocycles. The van der Waals surface area contributed by atoms with Crippen LogP contribution in [0.25, 0.3) is 0 Å². The molecule has 0 aromatic carbocycles. The number of rotatable bonds is 74. The lowest BCUT2D eigenvalue weighted by Gasteiger charge is -2.45. The van der Waals surface area contributed by atoms with Crippen molar-refractivity contribution >= 4 is 43.2 Å². The fourth-order valence-corrected chi connectivity index (χ4v) is 14.5. The average Bonchev–Trinajstić information content (AvgIpc) is 0.781. The van der Waals surface area contributed by atoms with Gasteiger partial charge in [0, 0.05) is 44.1 Å². The molecular weight excluding hydrogens is 1300 g/mol. The number of phosphoric acid groups is 1. The van der Waals surface area contributed by atoms with Crippen LogP contribution in [0.1, 0.15) is 414 Å². The first-order chi connectivity index (χ1) is 49.0. The van der Waals surface area contributed by atoms with Crippen LogP contribution in [0.4, 0.5) is 0 Å². The van der Waals surface area contributed by atoms with Crippen LogP contribution < -0.4 is 5.32 Å². The predicted octanol–water partition coefficient (Wildman–Crippen LogP) is 20.5. The maximum absolute atomic E-state index is 14.9. The van der Waals surface area contributed by atoms with Gasteiger partial charge < -0.3 is 49.0 Å². The summed E-state index contributed by atoms with van der Waals surface area (Å²) in [5, 5.41) is 24.5. The van der Waals surface area contributed by atoms with Crippen LogP contribution in [-0.2, 0) is 61.5 Å². The summed E-state index contributed by atoms with van der Waals surface area (Å²) in [4.78, 5) is 107. The normalized spacial score (nSPS) is 17.5. The standard InChI is InChI=1S/C82H154NO17P/c1-7-13-19-25-31-34-40-43-49-55-68(72(86)58-52-46-37-28-22-16-10-4)63-78(91)99-81-79(83-75(88)65-71(57-51-45-42-36-33-27-21-15-9-3)97-77(90)60-54-48-39-30-24-18-12-6)82(98-74(66-85)80(81)100-101(92,93)94)95-67-69(61-62-84)73(87)64-70(56-50-44-41-35-32-26-20-14-8-2)96-76(89)59-53-47-38-29-23-17-11-5/h68-71,74,79-82,84-85H,7-67H2,1-6H3,(H,83,88)(H2,92,93,94)/t68-,69+,70-,71-,74-,79-,80-,81-,82-/m1/s1. The van der Waals surface area contributed by atoms with Gasteiger partial charge in [0.2, 0.25) is 5.91 Å². The lowest BCUT2D eigenvalue weighted by Crippen LogP contribution is -2.66. The molecule has 0 aromatic heterocycles. The molecule has 1 amide bonds. The number of hydrogen-bond acceptors (Lipinski definition) is 15. The van der Waals surface area contributed by atoms with Crippen molar-refractivity contribution in [3.8, 4) is 0 Å². The van der Waals surface area contributed by atoms with E-state index in [4.69, 9.17) is 28.2 Å². The molecule has 0 aromatic rings. The number of carbonyl (C=O) groups excluding carboxylic acids is 6. The minimum absolute atomic E-state index is 0.0803. The van der Waals surface area contributed by atoms with Crippen molar-refractivity contribution in [3.63, 3.8) is 0 Å². The maximum atomic E-state index is 14.9. The predicted molar refractivity (Wildman–Crippen MR) is 406 cm³/mol. The van der Waals surface area contributed by atoms with E-state index in [9.17, 15) is 53.3 Å². The summed E-state index contributed by atoms with van der Waals surface area (Å²) in [5.74, 6) is -4.62. The van der Waals surface area contributed by atoms with E-state index in [2.05, 4.69) is 46.9 Å². The van der Waals surface area contributed by atoms with Crippen LogP contribution in [0.3, 0.4) is 0 Å². The Balaban J connectivity index is 3.90. The molecule has 1 fully saturated rings. The number of hydrogen-bond donors (Lipinski definition) is 5. The van der Waals surface area contributed by atoms with Gasteiger partial charge >= 0.3 is 25.7 Å². The summed E-state index contributed by atoms with van der Waals surface area (Å²) in [7, 11) is -5.50. The molecule has 18 nitrogen and oxygen atoms in total. The second-order valence-electron chi connectivity index (χ2n) is 29.8. The minimum atomic E-state index is -5.50. The largest absolute Gasteiger partial charge is 0.470 e. The Kier molecular flexibility index (Phi) is 63.4. The fraction of sp³-hybridized carbons (Fsp3) is 0.927. The molecule has 1 aliphatic heterocycles. The molecule has 1 saturated heterocycles. The summed E-state index contributed by atoms with van der Waals surface area (Å²) >= 11 is 0. The third-order valence-corrected chi connectivity index (χ3v) is 20.8. The molecule has 101 heavy (non-hydrogen) atoms. The molecule has 1 rings (SSSR count). The molecule has 0 bridgehead atoms. The Hall–Kier alpha value is -2.83. The molecule has 0 aliphatic carbocycles. The summed E-state index contributed by atoms with van der Waals surface area (Å²) in [6.45, 7) is 11.3. The Morgan fingerprint density at radius 1 is 0.396 bits per heavy atom. The van der Waals surface area contributed by atoms with E-state index in [-0.39, 0.29) is 62.5 Å². The van der Waals surface area contributed by atoms with Crippen LogP contribution in [0.5, 0.6) is 0 Å². The molecule has 9 atom stereocenters. The molecule has 0 radical (unpaired) electrons. The lowest BCUT2D eigenvalue weighted by molar-refractivity contribution is -0.273. The summed E-state index contributed by atoms with van der Waals surface area (Å²) in [6.07, 6.45) is 42.2. The maximum Gasteiger partial charge on any atom is 0.470 e. The molecule has 19 heteroatoms. The second kappa shape index (κ2) is 66.6. The number of aliphatic hydroxyl groups is 2. The SMILES string of the molecule is CCCCCCCCCCC[C@H](CC(=O)N[C@H]1[C@H](OC[C@H](CCO)C(=O)C[C@@H](CCCCCCCCCCC)OC(=O)CCCCCCCCC)O[C@H](CO)[C@@H](OP(=O)(O)O)[C@@H]1OC(=O)C[C@@H](CCCCCCCCCCC)C(=O)CCCCCCCCC)OC(=O)CCCCCCCCC. The van der Waals surface area contributed by atoms with Gasteiger partial charge in [0.05, 0.1) is 26.1 Å².